The highest BCUT2D eigenvalue weighted by Crippen LogP contribution is 2.40. The zero-order valence-corrected chi connectivity index (χ0v) is 17.7. The smallest absolute Gasteiger partial charge is 0.341 e. The van der Waals surface area contributed by atoms with Crippen LogP contribution in [-0.4, -0.2) is 28.3 Å². The Morgan fingerprint density at radius 1 is 1.43 bits per heavy atom. The lowest BCUT2D eigenvalue weighted by molar-refractivity contribution is -0.111. The monoisotopic (exact) mass is 401 g/mol. The molecule has 150 valence electrons. The van der Waals surface area contributed by atoms with Crippen molar-refractivity contribution >= 4 is 34.3 Å². The normalized spacial score (nSPS) is 16.2. The highest BCUT2D eigenvalue weighted by Gasteiger charge is 2.29. The number of amides is 1. The van der Waals surface area contributed by atoms with Crippen LogP contribution < -0.4 is 5.32 Å². The summed E-state index contributed by atoms with van der Waals surface area (Å²) in [5.74, 6) is 0.0231. The first-order valence-corrected chi connectivity index (χ1v) is 10.6. The van der Waals surface area contributed by atoms with Crippen molar-refractivity contribution in [2.75, 3.05) is 11.9 Å². The Balaban J connectivity index is 1.84. The lowest BCUT2D eigenvalue weighted by Crippen LogP contribution is -2.16. The molecular weight excluding hydrogens is 374 g/mol. The quantitative estimate of drug-likeness (QED) is 0.583. The third kappa shape index (κ3) is 4.19. The molecule has 1 N–H and O–H groups in total. The molecule has 0 fully saturated rings. The van der Waals surface area contributed by atoms with Crippen molar-refractivity contribution in [1.29, 1.82) is 0 Å². The highest BCUT2D eigenvalue weighted by atomic mass is 32.1. The van der Waals surface area contributed by atoms with E-state index in [1.165, 1.54) is 22.3 Å². The van der Waals surface area contributed by atoms with Gasteiger partial charge in [-0.15, -0.1) is 11.3 Å². The Kier molecular flexibility index (Phi) is 6.34. The van der Waals surface area contributed by atoms with Gasteiger partial charge in [-0.25, -0.2) is 4.79 Å². The van der Waals surface area contributed by atoms with Crippen LogP contribution in [-0.2, 0) is 29.4 Å². The van der Waals surface area contributed by atoms with Crippen molar-refractivity contribution in [1.82, 2.24) is 9.78 Å². The second kappa shape index (κ2) is 8.73. The van der Waals surface area contributed by atoms with Gasteiger partial charge in [-0.05, 0) is 50.7 Å². The molecule has 1 atom stereocenters. The lowest BCUT2D eigenvalue weighted by atomic mass is 9.85. The highest BCUT2D eigenvalue weighted by molar-refractivity contribution is 7.17. The summed E-state index contributed by atoms with van der Waals surface area (Å²) in [6.07, 6.45) is 8.95. The minimum Gasteiger partial charge on any atom is -0.462 e. The van der Waals surface area contributed by atoms with Gasteiger partial charge in [-0.1, -0.05) is 13.3 Å². The second-order valence-electron chi connectivity index (χ2n) is 7.08. The van der Waals surface area contributed by atoms with Crippen molar-refractivity contribution in [2.24, 2.45) is 13.0 Å². The molecule has 6 nitrogen and oxygen atoms in total. The Morgan fingerprint density at radius 3 is 2.86 bits per heavy atom. The number of carbonyl (C=O) groups excluding carboxylic acids is 2. The fourth-order valence-electron chi connectivity index (χ4n) is 3.51. The number of anilines is 1. The number of thiophene rings is 1. The van der Waals surface area contributed by atoms with Crippen molar-refractivity contribution in [2.45, 2.75) is 46.5 Å². The number of aryl methyl sites for hydroxylation is 1. The predicted octanol–water partition coefficient (Wildman–Crippen LogP) is 4.13. The third-order valence-electron chi connectivity index (χ3n) is 5.35. The molecule has 2 heterocycles. The topological polar surface area (TPSA) is 73.2 Å². The van der Waals surface area contributed by atoms with E-state index in [0.29, 0.717) is 23.1 Å². The minimum absolute atomic E-state index is 0.264. The van der Waals surface area contributed by atoms with Gasteiger partial charge in [-0.3, -0.25) is 9.48 Å². The average Bonchev–Trinajstić information content (AvgIpc) is 3.19. The van der Waals surface area contributed by atoms with Crippen LogP contribution in [0.5, 0.6) is 0 Å². The number of fused-ring (bicyclic) bond motifs is 1. The van der Waals surface area contributed by atoms with Gasteiger partial charge in [0, 0.05) is 29.3 Å². The molecule has 0 bridgehead atoms. The molecule has 1 aliphatic rings. The molecule has 1 aliphatic carbocycles. The van der Waals surface area contributed by atoms with Crippen molar-refractivity contribution < 1.29 is 14.3 Å². The molecule has 0 radical (unpaired) electrons. The average molecular weight is 402 g/mol. The zero-order valence-electron chi connectivity index (χ0n) is 16.9. The van der Waals surface area contributed by atoms with E-state index in [4.69, 9.17) is 4.74 Å². The fourth-order valence-corrected chi connectivity index (χ4v) is 4.86. The van der Waals surface area contributed by atoms with Gasteiger partial charge in [0.15, 0.2) is 0 Å². The third-order valence-corrected chi connectivity index (χ3v) is 6.52. The number of aromatic nitrogens is 2. The summed E-state index contributed by atoms with van der Waals surface area (Å²) in [4.78, 5) is 26.3. The Morgan fingerprint density at radius 2 is 2.21 bits per heavy atom. The maximum absolute atomic E-state index is 12.6. The van der Waals surface area contributed by atoms with E-state index in [1.54, 1.807) is 23.9 Å². The molecule has 28 heavy (non-hydrogen) atoms. The molecule has 0 aliphatic heterocycles. The Bertz CT molecular complexity index is 910. The van der Waals surface area contributed by atoms with E-state index in [9.17, 15) is 9.59 Å². The molecule has 0 spiro atoms. The fraction of sp³-hybridized carbons (Fsp3) is 0.476. The van der Waals surface area contributed by atoms with Gasteiger partial charge < -0.3 is 10.1 Å². The number of nitrogens with one attached hydrogen (secondary N) is 1. The molecule has 0 saturated heterocycles. The molecule has 0 saturated carbocycles. The predicted molar refractivity (Wildman–Crippen MR) is 112 cm³/mol. The van der Waals surface area contributed by atoms with Crippen LogP contribution in [0.1, 0.15) is 58.7 Å². The van der Waals surface area contributed by atoms with E-state index >= 15 is 0 Å². The second-order valence-corrected chi connectivity index (χ2v) is 8.18. The van der Waals surface area contributed by atoms with Crippen LogP contribution >= 0.6 is 11.3 Å². The Hall–Kier alpha value is -2.41. The number of hydrogen-bond acceptors (Lipinski definition) is 5. The number of carbonyl (C=O) groups is 2. The summed E-state index contributed by atoms with van der Waals surface area (Å²) in [6, 6.07) is 0. The van der Waals surface area contributed by atoms with E-state index in [0.717, 1.165) is 42.5 Å². The lowest BCUT2D eigenvalue weighted by Gasteiger charge is -2.20. The minimum atomic E-state index is -0.350. The van der Waals surface area contributed by atoms with Gasteiger partial charge in [0.2, 0.25) is 5.91 Å². The maximum Gasteiger partial charge on any atom is 0.341 e. The van der Waals surface area contributed by atoms with E-state index in [2.05, 4.69) is 17.3 Å². The largest absolute Gasteiger partial charge is 0.462 e. The van der Waals surface area contributed by atoms with E-state index in [1.807, 2.05) is 14.0 Å². The summed E-state index contributed by atoms with van der Waals surface area (Å²) >= 11 is 1.51. The molecular formula is C21H27N3O3S. The van der Waals surface area contributed by atoms with Crippen LogP contribution in [0, 0.1) is 12.8 Å². The molecule has 3 rings (SSSR count). The van der Waals surface area contributed by atoms with Crippen LogP contribution in [0.25, 0.3) is 6.08 Å². The zero-order chi connectivity index (χ0) is 20.3. The summed E-state index contributed by atoms with van der Waals surface area (Å²) in [6.45, 7) is 6.25. The first kappa shape index (κ1) is 20.3. The first-order valence-electron chi connectivity index (χ1n) is 9.73. The van der Waals surface area contributed by atoms with Crippen LogP contribution in [0.4, 0.5) is 5.00 Å². The van der Waals surface area contributed by atoms with Gasteiger partial charge in [0.1, 0.15) is 5.00 Å². The van der Waals surface area contributed by atoms with Crippen LogP contribution in [0.3, 0.4) is 0 Å². The van der Waals surface area contributed by atoms with E-state index < -0.39 is 0 Å². The molecule has 1 amide bonds. The van der Waals surface area contributed by atoms with Crippen molar-refractivity contribution in [3.05, 3.63) is 39.5 Å². The SMILES string of the molecule is CCOC(=O)c1c(NC(=O)/C=C/c2cnn(C)c2C)sc2c1CCC(CC)C2. The molecule has 1 unspecified atom stereocenters. The number of esters is 1. The summed E-state index contributed by atoms with van der Waals surface area (Å²) < 4.78 is 7.02. The standard InChI is InChI=1S/C21H27N3O3S/c1-5-14-7-9-16-17(11-14)28-20(19(16)21(26)27-6-2)23-18(25)10-8-15-12-22-24(4)13(15)3/h8,10,12,14H,5-7,9,11H2,1-4H3,(H,23,25)/b10-8+. The summed E-state index contributed by atoms with van der Waals surface area (Å²) in [5.41, 5.74) is 3.46. The number of ether oxygens (including phenoxy) is 1. The maximum atomic E-state index is 12.6. The molecule has 2 aromatic heterocycles. The van der Waals surface area contributed by atoms with Gasteiger partial charge in [-0.2, -0.15) is 5.10 Å². The van der Waals surface area contributed by atoms with Gasteiger partial charge in [0.05, 0.1) is 18.4 Å². The van der Waals surface area contributed by atoms with Gasteiger partial charge >= 0.3 is 5.97 Å². The Labute approximate surface area is 169 Å². The number of hydrogen-bond donors (Lipinski definition) is 1. The molecule has 0 aromatic carbocycles. The van der Waals surface area contributed by atoms with E-state index in [-0.39, 0.29) is 11.9 Å². The summed E-state index contributed by atoms with van der Waals surface area (Å²) in [7, 11) is 1.86. The summed E-state index contributed by atoms with van der Waals surface area (Å²) in [5, 5.41) is 7.67. The molecule has 2 aromatic rings. The van der Waals surface area contributed by atoms with Crippen molar-refractivity contribution in [3.63, 3.8) is 0 Å². The van der Waals surface area contributed by atoms with Crippen LogP contribution in [0.2, 0.25) is 0 Å². The van der Waals surface area contributed by atoms with Crippen LogP contribution in [0.15, 0.2) is 12.3 Å². The van der Waals surface area contributed by atoms with Crippen molar-refractivity contribution in [3.8, 4) is 0 Å². The first-order chi connectivity index (χ1) is 13.4. The van der Waals surface area contributed by atoms with Gasteiger partial charge in [0.25, 0.3) is 0 Å². The number of nitrogens with zero attached hydrogens (tertiary/aromatic N) is 2. The number of rotatable bonds is 6. The molecule has 7 heteroatoms.